The predicted molar refractivity (Wildman–Crippen MR) is 53.7 cm³/mol. The molecule has 0 aromatic carbocycles. The number of rotatable bonds is 3. The SMILES string of the molecule is CC[C@H](NC(C)=O)C(=O)N1CCCC1. The maximum absolute atomic E-state index is 11.8. The first-order chi connectivity index (χ1) is 6.65. The van der Waals surface area contributed by atoms with Gasteiger partial charge in [-0.3, -0.25) is 9.59 Å². The van der Waals surface area contributed by atoms with Crippen LogP contribution in [0.25, 0.3) is 0 Å². The third kappa shape index (κ3) is 2.72. The molecule has 4 heteroatoms. The Bertz CT molecular complexity index is 222. The minimum atomic E-state index is -0.328. The molecule has 0 aromatic rings. The van der Waals surface area contributed by atoms with E-state index in [2.05, 4.69) is 5.32 Å². The second-order valence-corrected chi connectivity index (χ2v) is 3.69. The lowest BCUT2D eigenvalue weighted by molar-refractivity contribution is -0.135. The number of carbonyl (C=O) groups excluding carboxylic acids is 2. The second kappa shape index (κ2) is 4.98. The van der Waals surface area contributed by atoms with Gasteiger partial charge in [-0.15, -0.1) is 0 Å². The zero-order valence-corrected chi connectivity index (χ0v) is 8.88. The molecule has 80 valence electrons. The Kier molecular flexibility index (Phi) is 3.92. The van der Waals surface area contributed by atoms with Gasteiger partial charge in [-0.2, -0.15) is 0 Å². The first-order valence-corrected chi connectivity index (χ1v) is 5.21. The Hall–Kier alpha value is -1.06. The molecule has 1 atom stereocenters. The smallest absolute Gasteiger partial charge is 0.245 e. The molecular weight excluding hydrogens is 180 g/mol. The van der Waals surface area contributed by atoms with Crippen LogP contribution in [0.4, 0.5) is 0 Å². The fourth-order valence-corrected chi connectivity index (χ4v) is 1.74. The summed E-state index contributed by atoms with van der Waals surface area (Å²) in [4.78, 5) is 24.5. The highest BCUT2D eigenvalue weighted by Crippen LogP contribution is 2.10. The van der Waals surface area contributed by atoms with Crippen molar-refractivity contribution >= 4 is 11.8 Å². The highest BCUT2D eigenvalue weighted by Gasteiger charge is 2.25. The summed E-state index contributed by atoms with van der Waals surface area (Å²) in [5.41, 5.74) is 0. The standard InChI is InChI=1S/C10H18N2O2/c1-3-9(11-8(2)13)10(14)12-6-4-5-7-12/h9H,3-7H2,1-2H3,(H,11,13)/t9-/m0/s1. The van der Waals surface area contributed by atoms with Gasteiger partial charge in [-0.25, -0.2) is 0 Å². The number of carbonyl (C=O) groups is 2. The van der Waals surface area contributed by atoms with Crippen LogP contribution in [0.5, 0.6) is 0 Å². The van der Waals surface area contributed by atoms with Gasteiger partial charge in [0.2, 0.25) is 11.8 Å². The molecular formula is C10H18N2O2. The van der Waals surface area contributed by atoms with Gasteiger partial charge >= 0.3 is 0 Å². The van der Waals surface area contributed by atoms with Crippen LogP contribution >= 0.6 is 0 Å². The third-order valence-corrected chi connectivity index (χ3v) is 2.50. The van der Waals surface area contributed by atoms with Crippen LogP contribution in [0, 0.1) is 0 Å². The Morgan fingerprint density at radius 2 is 1.93 bits per heavy atom. The van der Waals surface area contributed by atoms with Crippen molar-refractivity contribution < 1.29 is 9.59 Å². The van der Waals surface area contributed by atoms with Gasteiger partial charge in [0, 0.05) is 20.0 Å². The summed E-state index contributed by atoms with van der Waals surface area (Å²) in [6.07, 6.45) is 2.83. The normalized spacial score (nSPS) is 18.0. The molecule has 1 saturated heterocycles. The van der Waals surface area contributed by atoms with Crippen LogP contribution in [-0.4, -0.2) is 35.8 Å². The van der Waals surface area contributed by atoms with Gasteiger partial charge in [0.25, 0.3) is 0 Å². The Morgan fingerprint density at radius 3 is 2.36 bits per heavy atom. The van der Waals surface area contributed by atoms with Gasteiger partial charge in [0.15, 0.2) is 0 Å². The van der Waals surface area contributed by atoms with Crippen molar-refractivity contribution in [2.45, 2.75) is 39.2 Å². The number of hydrogen-bond acceptors (Lipinski definition) is 2. The van der Waals surface area contributed by atoms with E-state index in [0.29, 0.717) is 6.42 Å². The van der Waals surface area contributed by atoms with E-state index in [4.69, 9.17) is 0 Å². The van der Waals surface area contributed by atoms with Crippen LogP contribution in [0.3, 0.4) is 0 Å². The summed E-state index contributed by atoms with van der Waals surface area (Å²) in [6.45, 7) is 5.04. The van der Waals surface area contributed by atoms with Crippen molar-refractivity contribution in [2.24, 2.45) is 0 Å². The average molecular weight is 198 g/mol. The average Bonchev–Trinajstić information content (AvgIpc) is 2.65. The maximum Gasteiger partial charge on any atom is 0.245 e. The minimum absolute atomic E-state index is 0.0696. The van der Waals surface area contributed by atoms with Gasteiger partial charge in [-0.1, -0.05) is 6.92 Å². The molecule has 2 amide bonds. The molecule has 0 radical (unpaired) electrons. The molecule has 1 N–H and O–H groups in total. The number of nitrogens with one attached hydrogen (secondary N) is 1. The first-order valence-electron chi connectivity index (χ1n) is 5.21. The molecule has 0 aliphatic carbocycles. The van der Waals surface area contributed by atoms with E-state index in [0.717, 1.165) is 25.9 Å². The highest BCUT2D eigenvalue weighted by molar-refractivity contribution is 5.86. The van der Waals surface area contributed by atoms with Gasteiger partial charge in [0.1, 0.15) is 6.04 Å². The second-order valence-electron chi connectivity index (χ2n) is 3.69. The molecule has 1 heterocycles. The third-order valence-electron chi connectivity index (χ3n) is 2.50. The van der Waals surface area contributed by atoms with Crippen molar-refractivity contribution in [2.75, 3.05) is 13.1 Å². The first kappa shape index (κ1) is 11.0. The van der Waals surface area contributed by atoms with Crippen molar-refractivity contribution in [1.29, 1.82) is 0 Å². The van der Waals surface area contributed by atoms with E-state index in [1.807, 2.05) is 11.8 Å². The van der Waals surface area contributed by atoms with Gasteiger partial charge < -0.3 is 10.2 Å². The zero-order valence-electron chi connectivity index (χ0n) is 8.88. The molecule has 14 heavy (non-hydrogen) atoms. The lowest BCUT2D eigenvalue weighted by Crippen LogP contribution is -2.46. The van der Waals surface area contributed by atoms with E-state index in [9.17, 15) is 9.59 Å². The topological polar surface area (TPSA) is 49.4 Å². The number of amides is 2. The number of hydrogen-bond donors (Lipinski definition) is 1. The van der Waals surface area contributed by atoms with E-state index in [1.165, 1.54) is 6.92 Å². The zero-order chi connectivity index (χ0) is 10.6. The summed E-state index contributed by atoms with van der Waals surface area (Å²) in [5.74, 6) is -0.0652. The minimum Gasteiger partial charge on any atom is -0.345 e. The predicted octanol–water partition coefficient (Wildman–Crippen LogP) is 0.523. The summed E-state index contributed by atoms with van der Waals surface area (Å²) in [6, 6.07) is -0.328. The molecule has 4 nitrogen and oxygen atoms in total. The van der Waals surface area contributed by atoms with Crippen LogP contribution in [0.2, 0.25) is 0 Å². The largest absolute Gasteiger partial charge is 0.345 e. The van der Waals surface area contributed by atoms with Crippen molar-refractivity contribution in [3.05, 3.63) is 0 Å². The molecule has 1 fully saturated rings. The van der Waals surface area contributed by atoms with Crippen LogP contribution in [-0.2, 0) is 9.59 Å². The van der Waals surface area contributed by atoms with Crippen molar-refractivity contribution in [3.8, 4) is 0 Å². The van der Waals surface area contributed by atoms with Crippen molar-refractivity contribution in [1.82, 2.24) is 10.2 Å². The van der Waals surface area contributed by atoms with Gasteiger partial charge in [-0.05, 0) is 19.3 Å². The molecule has 1 aliphatic rings. The van der Waals surface area contributed by atoms with Crippen LogP contribution in [0.15, 0.2) is 0 Å². The lowest BCUT2D eigenvalue weighted by Gasteiger charge is -2.22. The lowest BCUT2D eigenvalue weighted by atomic mass is 10.2. The van der Waals surface area contributed by atoms with E-state index in [1.54, 1.807) is 0 Å². The Morgan fingerprint density at radius 1 is 1.36 bits per heavy atom. The molecule has 0 unspecified atom stereocenters. The Balaban J connectivity index is 2.50. The Labute approximate surface area is 84.7 Å². The van der Waals surface area contributed by atoms with Crippen molar-refractivity contribution in [3.63, 3.8) is 0 Å². The fourth-order valence-electron chi connectivity index (χ4n) is 1.74. The maximum atomic E-state index is 11.8. The molecule has 0 spiro atoms. The summed E-state index contributed by atoms with van der Waals surface area (Å²) in [7, 11) is 0. The van der Waals surface area contributed by atoms with E-state index in [-0.39, 0.29) is 17.9 Å². The van der Waals surface area contributed by atoms with E-state index >= 15 is 0 Å². The van der Waals surface area contributed by atoms with Crippen LogP contribution in [0.1, 0.15) is 33.1 Å². The molecule has 0 saturated carbocycles. The fraction of sp³-hybridized carbons (Fsp3) is 0.800. The molecule has 1 rings (SSSR count). The van der Waals surface area contributed by atoms with Gasteiger partial charge in [0.05, 0.1) is 0 Å². The number of nitrogens with zero attached hydrogens (tertiary/aromatic N) is 1. The highest BCUT2D eigenvalue weighted by atomic mass is 16.2. The van der Waals surface area contributed by atoms with Crippen LogP contribution < -0.4 is 5.32 Å². The molecule has 0 bridgehead atoms. The summed E-state index contributed by atoms with van der Waals surface area (Å²) >= 11 is 0. The molecule has 1 aliphatic heterocycles. The number of likely N-dealkylation sites (tertiary alicyclic amines) is 1. The molecule has 0 aromatic heterocycles. The quantitative estimate of drug-likeness (QED) is 0.719. The summed E-state index contributed by atoms with van der Waals surface area (Å²) < 4.78 is 0. The summed E-state index contributed by atoms with van der Waals surface area (Å²) in [5, 5.41) is 2.68. The monoisotopic (exact) mass is 198 g/mol. The van der Waals surface area contributed by atoms with E-state index < -0.39 is 0 Å².